The van der Waals surface area contributed by atoms with E-state index in [9.17, 15) is 4.79 Å². The lowest BCUT2D eigenvalue weighted by Crippen LogP contribution is -2.39. The Hall–Kier alpha value is -2.04. The normalized spacial score (nSPS) is 16.8. The van der Waals surface area contributed by atoms with Crippen LogP contribution in [0.2, 0.25) is 0 Å². The number of nitrogens with one attached hydrogen (secondary N) is 2. The summed E-state index contributed by atoms with van der Waals surface area (Å²) in [5.74, 6) is 1.74. The molecule has 1 aromatic heterocycles. The molecule has 2 aliphatic rings. The van der Waals surface area contributed by atoms with Gasteiger partial charge in [-0.05, 0) is 63.6 Å². The Labute approximate surface area is 213 Å². The molecule has 9 heteroatoms. The van der Waals surface area contributed by atoms with Crippen LogP contribution >= 0.6 is 24.0 Å². The molecule has 0 bridgehead atoms. The van der Waals surface area contributed by atoms with Crippen LogP contribution in [-0.4, -0.2) is 46.5 Å². The largest absolute Gasteiger partial charge is 0.372 e. The zero-order chi connectivity index (χ0) is 22.3. The summed E-state index contributed by atoms with van der Waals surface area (Å²) in [4.78, 5) is 19.7. The van der Waals surface area contributed by atoms with Crippen LogP contribution in [0, 0.1) is 0 Å². The Morgan fingerprint density at radius 3 is 2.73 bits per heavy atom. The smallest absolute Gasteiger partial charge is 0.345 e. The third-order valence-electron chi connectivity index (χ3n) is 6.37. The van der Waals surface area contributed by atoms with E-state index < -0.39 is 0 Å². The topological polar surface area (TPSA) is 79.5 Å². The lowest BCUT2D eigenvalue weighted by Gasteiger charge is -2.22. The fraction of sp³-hybridized carbons (Fsp3) is 0.625. The van der Waals surface area contributed by atoms with E-state index in [0.717, 1.165) is 63.6 Å². The molecule has 2 N–H and O–H groups in total. The molecule has 1 aromatic carbocycles. The molecular formula is C24H38IN7O. The summed E-state index contributed by atoms with van der Waals surface area (Å²) in [6, 6.07) is 8.97. The van der Waals surface area contributed by atoms with Crippen molar-refractivity contribution in [2.75, 3.05) is 31.1 Å². The number of aryl methyl sites for hydroxylation is 2. The summed E-state index contributed by atoms with van der Waals surface area (Å²) < 4.78 is 3.44. The molecule has 2 aliphatic heterocycles. The highest BCUT2D eigenvalue weighted by molar-refractivity contribution is 14.0. The number of hydrogen-bond donors (Lipinski definition) is 2. The van der Waals surface area contributed by atoms with E-state index in [4.69, 9.17) is 4.99 Å². The Kier molecular flexibility index (Phi) is 9.64. The van der Waals surface area contributed by atoms with Crippen LogP contribution < -0.4 is 21.2 Å². The number of aromatic nitrogens is 3. The number of anilines is 1. The fourth-order valence-corrected chi connectivity index (χ4v) is 4.58. The van der Waals surface area contributed by atoms with Crippen LogP contribution in [0.1, 0.15) is 63.4 Å². The Bertz CT molecular complexity index is 977. The van der Waals surface area contributed by atoms with Crippen molar-refractivity contribution in [2.24, 2.45) is 4.99 Å². The summed E-state index contributed by atoms with van der Waals surface area (Å²) in [5, 5.41) is 11.4. The standard InChI is InChI=1S/C24H37N7O.HI/c1-3-25-23(26-13-9-17-31-24(32)30-16-5-4-12-22(30)28-31)27-19(2)20-10-8-11-21(18-20)29-14-6-7-15-29;/h8,10-11,18-19H,3-7,9,12-17H2,1-2H3,(H2,25,26,27);1H. The van der Waals surface area contributed by atoms with Crippen LogP contribution in [0.15, 0.2) is 34.1 Å². The summed E-state index contributed by atoms with van der Waals surface area (Å²) in [5.41, 5.74) is 2.60. The predicted molar refractivity (Wildman–Crippen MR) is 145 cm³/mol. The minimum absolute atomic E-state index is 0. The van der Waals surface area contributed by atoms with E-state index in [-0.39, 0.29) is 35.7 Å². The lowest BCUT2D eigenvalue weighted by atomic mass is 10.1. The molecule has 0 radical (unpaired) electrons. The molecule has 1 fully saturated rings. The number of hydrogen-bond acceptors (Lipinski definition) is 4. The van der Waals surface area contributed by atoms with E-state index >= 15 is 0 Å². The Balaban J connectivity index is 0.00000306. The average molecular weight is 568 g/mol. The van der Waals surface area contributed by atoms with Gasteiger partial charge >= 0.3 is 5.69 Å². The van der Waals surface area contributed by atoms with Gasteiger partial charge in [-0.15, -0.1) is 24.0 Å². The molecule has 0 aliphatic carbocycles. The molecule has 182 valence electrons. The van der Waals surface area contributed by atoms with Crippen molar-refractivity contribution in [2.45, 2.75) is 71.5 Å². The number of aliphatic imine (C=N–C) groups is 1. The van der Waals surface area contributed by atoms with Gasteiger partial charge in [-0.1, -0.05) is 12.1 Å². The van der Waals surface area contributed by atoms with Crippen LogP contribution in [0.5, 0.6) is 0 Å². The molecule has 1 saturated heterocycles. The first-order valence-electron chi connectivity index (χ1n) is 12.2. The molecule has 1 atom stereocenters. The fourth-order valence-electron chi connectivity index (χ4n) is 4.58. The van der Waals surface area contributed by atoms with Crippen molar-refractivity contribution < 1.29 is 0 Å². The highest BCUT2D eigenvalue weighted by atomic mass is 127. The number of fused-ring (bicyclic) bond motifs is 1. The maximum atomic E-state index is 12.5. The van der Waals surface area contributed by atoms with E-state index in [2.05, 4.69) is 58.7 Å². The van der Waals surface area contributed by atoms with Gasteiger partial charge in [-0.25, -0.2) is 9.48 Å². The molecular weight excluding hydrogens is 529 g/mol. The number of halogens is 1. The minimum Gasteiger partial charge on any atom is -0.372 e. The number of guanidine groups is 1. The molecule has 2 aromatic rings. The highest BCUT2D eigenvalue weighted by Gasteiger charge is 2.17. The van der Waals surface area contributed by atoms with Gasteiger partial charge < -0.3 is 15.5 Å². The summed E-state index contributed by atoms with van der Waals surface area (Å²) in [7, 11) is 0. The van der Waals surface area contributed by atoms with Gasteiger partial charge in [-0.2, -0.15) is 5.10 Å². The maximum absolute atomic E-state index is 12.5. The van der Waals surface area contributed by atoms with Crippen molar-refractivity contribution in [3.63, 3.8) is 0 Å². The van der Waals surface area contributed by atoms with Crippen LogP contribution in [0.25, 0.3) is 0 Å². The van der Waals surface area contributed by atoms with Crippen molar-refractivity contribution >= 4 is 35.6 Å². The number of benzene rings is 1. The first kappa shape index (κ1) is 25.6. The molecule has 0 saturated carbocycles. The second-order valence-corrected chi connectivity index (χ2v) is 8.80. The van der Waals surface area contributed by atoms with Crippen LogP contribution in [-0.2, 0) is 19.5 Å². The molecule has 1 unspecified atom stereocenters. The van der Waals surface area contributed by atoms with Gasteiger partial charge in [0.1, 0.15) is 5.82 Å². The molecule has 4 rings (SSSR count). The highest BCUT2D eigenvalue weighted by Crippen LogP contribution is 2.24. The second-order valence-electron chi connectivity index (χ2n) is 8.80. The van der Waals surface area contributed by atoms with Crippen molar-refractivity contribution in [1.82, 2.24) is 25.0 Å². The van der Waals surface area contributed by atoms with E-state index in [0.29, 0.717) is 13.1 Å². The minimum atomic E-state index is 0. The lowest BCUT2D eigenvalue weighted by molar-refractivity contribution is 0.509. The van der Waals surface area contributed by atoms with Crippen molar-refractivity contribution in [3.05, 3.63) is 46.1 Å². The van der Waals surface area contributed by atoms with Gasteiger partial charge in [0.05, 0.1) is 6.04 Å². The van der Waals surface area contributed by atoms with Gasteiger partial charge in [0.2, 0.25) is 0 Å². The van der Waals surface area contributed by atoms with E-state index in [1.807, 2.05) is 4.57 Å². The monoisotopic (exact) mass is 567 g/mol. The number of nitrogens with zero attached hydrogens (tertiary/aromatic N) is 5. The third-order valence-corrected chi connectivity index (χ3v) is 6.37. The molecule has 0 amide bonds. The molecule has 3 heterocycles. The molecule has 33 heavy (non-hydrogen) atoms. The summed E-state index contributed by atoms with van der Waals surface area (Å²) >= 11 is 0. The quantitative estimate of drug-likeness (QED) is 0.222. The molecule has 0 spiro atoms. The first-order chi connectivity index (χ1) is 15.7. The van der Waals surface area contributed by atoms with E-state index in [1.165, 1.54) is 24.1 Å². The summed E-state index contributed by atoms with van der Waals surface area (Å²) in [6.45, 7) is 9.41. The Morgan fingerprint density at radius 1 is 1.18 bits per heavy atom. The zero-order valence-corrected chi connectivity index (χ0v) is 22.3. The Morgan fingerprint density at radius 2 is 1.97 bits per heavy atom. The second kappa shape index (κ2) is 12.4. The van der Waals surface area contributed by atoms with Crippen LogP contribution in [0.3, 0.4) is 0 Å². The SMILES string of the molecule is CCNC(=NCCCn1nc2n(c1=O)CCCC2)NC(C)c1cccc(N2CCCC2)c1.I. The zero-order valence-electron chi connectivity index (χ0n) is 19.9. The molecule has 8 nitrogen and oxygen atoms in total. The maximum Gasteiger partial charge on any atom is 0.345 e. The van der Waals surface area contributed by atoms with Gasteiger partial charge in [-0.3, -0.25) is 9.56 Å². The van der Waals surface area contributed by atoms with Gasteiger partial charge in [0.15, 0.2) is 5.96 Å². The van der Waals surface area contributed by atoms with Crippen molar-refractivity contribution in [3.8, 4) is 0 Å². The van der Waals surface area contributed by atoms with E-state index in [1.54, 1.807) is 4.68 Å². The number of rotatable bonds is 8. The average Bonchev–Trinajstić information content (AvgIpc) is 3.46. The van der Waals surface area contributed by atoms with Crippen LogP contribution in [0.4, 0.5) is 5.69 Å². The first-order valence-corrected chi connectivity index (χ1v) is 12.2. The van der Waals surface area contributed by atoms with Gasteiger partial charge in [0.25, 0.3) is 0 Å². The predicted octanol–water partition coefficient (Wildman–Crippen LogP) is 3.31. The van der Waals surface area contributed by atoms with Crippen molar-refractivity contribution in [1.29, 1.82) is 0 Å². The third kappa shape index (κ3) is 6.51. The van der Waals surface area contributed by atoms with Gasteiger partial charge in [0, 0.05) is 51.4 Å². The summed E-state index contributed by atoms with van der Waals surface area (Å²) in [6.07, 6.45) is 6.45.